The number of aliphatic hydroxyl groups excluding tert-OH is 1. The van der Waals surface area contributed by atoms with Gasteiger partial charge in [0.1, 0.15) is 0 Å². The minimum atomic E-state index is 0.235. The van der Waals surface area contributed by atoms with Crippen LogP contribution in [-0.2, 0) is 4.74 Å². The summed E-state index contributed by atoms with van der Waals surface area (Å²) in [4.78, 5) is 0. The van der Waals surface area contributed by atoms with Gasteiger partial charge in [-0.15, -0.1) is 0 Å². The van der Waals surface area contributed by atoms with E-state index < -0.39 is 0 Å². The van der Waals surface area contributed by atoms with Crippen molar-refractivity contribution in [2.45, 2.75) is 52.1 Å². The number of methoxy groups -OCH3 is 1. The van der Waals surface area contributed by atoms with Gasteiger partial charge in [0.2, 0.25) is 0 Å². The topological polar surface area (TPSA) is 29.5 Å². The second kappa shape index (κ2) is 8.52. The summed E-state index contributed by atoms with van der Waals surface area (Å²) in [5.74, 6) is 0.719. The summed E-state index contributed by atoms with van der Waals surface area (Å²) in [7, 11) is 1.73. The Morgan fingerprint density at radius 1 is 1.31 bits per heavy atom. The molecule has 0 spiro atoms. The Bertz CT molecular complexity index is 104. The SMILES string of the molecule is CCCCC(C)CC(CCO)OC. The smallest absolute Gasteiger partial charge is 0.0595 e. The van der Waals surface area contributed by atoms with Gasteiger partial charge in [-0.3, -0.25) is 0 Å². The highest BCUT2D eigenvalue weighted by atomic mass is 16.5. The van der Waals surface area contributed by atoms with Gasteiger partial charge >= 0.3 is 0 Å². The van der Waals surface area contributed by atoms with Crippen LogP contribution < -0.4 is 0 Å². The van der Waals surface area contributed by atoms with Crippen LogP contribution in [0.2, 0.25) is 0 Å². The van der Waals surface area contributed by atoms with Gasteiger partial charge in [0.05, 0.1) is 6.10 Å². The van der Waals surface area contributed by atoms with E-state index in [2.05, 4.69) is 13.8 Å². The molecule has 0 aliphatic carbocycles. The lowest BCUT2D eigenvalue weighted by molar-refractivity contribution is 0.0588. The molecule has 0 aromatic heterocycles. The van der Waals surface area contributed by atoms with E-state index >= 15 is 0 Å². The number of hydrogen-bond acceptors (Lipinski definition) is 2. The Hall–Kier alpha value is -0.0800. The second-order valence-corrected chi connectivity index (χ2v) is 3.85. The van der Waals surface area contributed by atoms with Gasteiger partial charge in [0, 0.05) is 13.7 Å². The van der Waals surface area contributed by atoms with E-state index in [4.69, 9.17) is 9.84 Å². The van der Waals surface area contributed by atoms with Crippen molar-refractivity contribution in [1.82, 2.24) is 0 Å². The average molecular weight is 188 g/mol. The third kappa shape index (κ3) is 7.03. The van der Waals surface area contributed by atoms with Crippen molar-refractivity contribution in [2.24, 2.45) is 5.92 Å². The van der Waals surface area contributed by atoms with Gasteiger partial charge < -0.3 is 9.84 Å². The van der Waals surface area contributed by atoms with Crippen LogP contribution in [0.1, 0.15) is 46.0 Å². The Morgan fingerprint density at radius 2 is 2.00 bits per heavy atom. The van der Waals surface area contributed by atoms with Crippen LogP contribution in [0, 0.1) is 5.92 Å². The Morgan fingerprint density at radius 3 is 2.46 bits per heavy atom. The van der Waals surface area contributed by atoms with Crippen molar-refractivity contribution in [3.8, 4) is 0 Å². The summed E-state index contributed by atoms with van der Waals surface area (Å²) in [5, 5.41) is 8.78. The molecule has 0 heterocycles. The fourth-order valence-electron chi connectivity index (χ4n) is 1.60. The van der Waals surface area contributed by atoms with E-state index in [1.165, 1.54) is 19.3 Å². The number of rotatable bonds is 8. The van der Waals surface area contributed by atoms with E-state index in [1.807, 2.05) is 0 Å². The zero-order chi connectivity index (χ0) is 10.1. The summed E-state index contributed by atoms with van der Waals surface area (Å²) in [5.41, 5.74) is 0. The second-order valence-electron chi connectivity index (χ2n) is 3.85. The Balaban J connectivity index is 3.53. The lowest BCUT2D eigenvalue weighted by atomic mass is 9.96. The van der Waals surface area contributed by atoms with Gasteiger partial charge in [-0.2, -0.15) is 0 Å². The highest BCUT2D eigenvalue weighted by Crippen LogP contribution is 2.17. The predicted molar refractivity (Wildman–Crippen MR) is 55.8 cm³/mol. The first-order chi connectivity index (χ1) is 6.24. The minimum absolute atomic E-state index is 0.235. The van der Waals surface area contributed by atoms with Crippen LogP contribution in [0.4, 0.5) is 0 Å². The molecule has 2 unspecified atom stereocenters. The highest BCUT2D eigenvalue weighted by molar-refractivity contribution is 4.62. The first kappa shape index (κ1) is 12.9. The molecule has 2 nitrogen and oxygen atoms in total. The van der Waals surface area contributed by atoms with E-state index in [0.29, 0.717) is 0 Å². The molecule has 2 atom stereocenters. The van der Waals surface area contributed by atoms with E-state index in [1.54, 1.807) is 7.11 Å². The van der Waals surface area contributed by atoms with E-state index in [0.717, 1.165) is 18.8 Å². The summed E-state index contributed by atoms with van der Waals surface area (Å²) < 4.78 is 5.28. The number of aliphatic hydroxyl groups is 1. The molecule has 0 saturated heterocycles. The summed E-state index contributed by atoms with van der Waals surface area (Å²) >= 11 is 0. The molecule has 0 fully saturated rings. The molecule has 0 aliphatic heterocycles. The molecule has 0 aromatic rings. The molecule has 0 aromatic carbocycles. The monoisotopic (exact) mass is 188 g/mol. The number of unbranched alkanes of at least 4 members (excludes halogenated alkanes) is 1. The van der Waals surface area contributed by atoms with Crippen molar-refractivity contribution in [1.29, 1.82) is 0 Å². The van der Waals surface area contributed by atoms with Crippen LogP contribution >= 0.6 is 0 Å². The third-order valence-electron chi connectivity index (χ3n) is 2.50. The Kier molecular flexibility index (Phi) is 8.46. The zero-order valence-electron chi connectivity index (χ0n) is 9.25. The van der Waals surface area contributed by atoms with E-state index in [-0.39, 0.29) is 12.7 Å². The fraction of sp³-hybridized carbons (Fsp3) is 1.00. The normalized spacial score (nSPS) is 15.7. The molecule has 0 amide bonds. The first-order valence-electron chi connectivity index (χ1n) is 5.38. The van der Waals surface area contributed by atoms with Gasteiger partial charge in [-0.1, -0.05) is 33.1 Å². The van der Waals surface area contributed by atoms with Crippen molar-refractivity contribution >= 4 is 0 Å². The van der Waals surface area contributed by atoms with Gasteiger partial charge in [-0.05, 0) is 18.8 Å². The van der Waals surface area contributed by atoms with Crippen LogP contribution in [0.15, 0.2) is 0 Å². The quantitative estimate of drug-likeness (QED) is 0.634. The third-order valence-corrected chi connectivity index (χ3v) is 2.50. The molecule has 0 rings (SSSR count). The molecular weight excluding hydrogens is 164 g/mol. The number of hydrogen-bond donors (Lipinski definition) is 1. The standard InChI is InChI=1S/C11H24O2/c1-4-5-6-10(2)9-11(13-3)7-8-12/h10-12H,4-9H2,1-3H3. The molecular formula is C11H24O2. The molecule has 0 radical (unpaired) electrons. The fourth-order valence-corrected chi connectivity index (χ4v) is 1.60. The molecule has 80 valence electrons. The van der Waals surface area contributed by atoms with Crippen molar-refractivity contribution < 1.29 is 9.84 Å². The molecule has 0 aliphatic rings. The summed E-state index contributed by atoms with van der Waals surface area (Å²) in [6, 6.07) is 0. The van der Waals surface area contributed by atoms with Crippen molar-refractivity contribution in [2.75, 3.05) is 13.7 Å². The van der Waals surface area contributed by atoms with Crippen molar-refractivity contribution in [3.05, 3.63) is 0 Å². The average Bonchev–Trinajstić information content (AvgIpc) is 2.14. The first-order valence-corrected chi connectivity index (χ1v) is 5.38. The summed E-state index contributed by atoms with van der Waals surface area (Å²) in [6.45, 7) is 4.71. The zero-order valence-corrected chi connectivity index (χ0v) is 9.25. The number of ether oxygens (including phenoxy) is 1. The molecule has 0 bridgehead atoms. The van der Waals surface area contributed by atoms with Gasteiger partial charge in [0.15, 0.2) is 0 Å². The molecule has 13 heavy (non-hydrogen) atoms. The maximum absolute atomic E-state index is 8.78. The van der Waals surface area contributed by atoms with Crippen LogP contribution in [0.25, 0.3) is 0 Å². The molecule has 0 saturated carbocycles. The highest BCUT2D eigenvalue weighted by Gasteiger charge is 2.11. The van der Waals surface area contributed by atoms with Crippen LogP contribution in [0.3, 0.4) is 0 Å². The van der Waals surface area contributed by atoms with Crippen LogP contribution in [-0.4, -0.2) is 24.9 Å². The van der Waals surface area contributed by atoms with Crippen molar-refractivity contribution in [3.63, 3.8) is 0 Å². The maximum atomic E-state index is 8.78. The molecule has 2 heteroatoms. The summed E-state index contributed by atoms with van der Waals surface area (Å²) in [6.07, 6.45) is 5.95. The molecule has 1 N–H and O–H groups in total. The maximum Gasteiger partial charge on any atom is 0.0595 e. The predicted octanol–water partition coefficient (Wildman–Crippen LogP) is 2.60. The van der Waals surface area contributed by atoms with Crippen LogP contribution in [0.5, 0.6) is 0 Å². The van der Waals surface area contributed by atoms with Gasteiger partial charge in [-0.25, -0.2) is 0 Å². The lowest BCUT2D eigenvalue weighted by Crippen LogP contribution is -2.16. The minimum Gasteiger partial charge on any atom is -0.396 e. The van der Waals surface area contributed by atoms with Gasteiger partial charge in [0.25, 0.3) is 0 Å². The lowest BCUT2D eigenvalue weighted by Gasteiger charge is -2.18. The van der Waals surface area contributed by atoms with E-state index in [9.17, 15) is 0 Å². The largest absolute Gasteiger partial charge is 0.396 e. The Labute approximate surface area is 82.3 Å².